The molecule has 2 heteroatoms. The first-order valence-electron chi connectivity index (χ1n) is 9.12. The van der Waals surface area contributed by atoms with Crippen LogP contribution in [0.1, 0.15) is 71.6 Å². The zero-order valence-corrected chi connectivity index (χ0v) is 13.6. The summed E-state index contributed by atoms with van der Waals surface area (Å²) in [7, 11) is 0. The molecule has 7 atom stereocenters. The van der Waals surface area contributed by atoms with Gasteiger partial charge in [0.25, 0.3) is 0 Å². The lowest BCUT2D eigenvalue weighted by Gasteiger charge is -2.60. The van der Waals surface area contributed by atoms with Crippen LogP contribution >= 0.6 is 0 Å². The molecule has 1 N–H and O–H groups in total. The van der Waals surface area contributed by atoms with Crippen LogP contribution in [0.2, 0.25) is 0 Å². The Morgan fingerprint density at radius 3 is 2.67 bits per heavy atom. The number of ketones is 1. The van der Waals surface area contributed by atoms with E-state index < -0.39 is 0 Å². The van der Waals surface area contributed by atoms with E-state index in [4.69, 9.17) is 0 Å². The van der Waals surface area contributed by atoms with E-state index in [0.717, 1.165) is 43.4 Å². The zero-order valence-electron chi connectivity index (χ0n) is 13.6. The Morgan fingerprint density at radius 2 is 1.86 bits per heavy atom. The molecule has 0 aliphatic heterocycles. The standard InChI is InChI=1S/C19H30O2/c1-18-7-6-16-15(17(18)10-14(21)11-18)4-3-12-9-13(20)5-8-19(12,16)2/h12-13,15-17,20H,3-11H2,1-2H3/t12-,13+,15-,16+,17+,18+,19+/m0/s1. The van der Waals surface area contributed by atoms with Crippen LogP contribution in [0.4, 0.5) is 0 Å². The van der Waals surface area contributed by atoms with E-state index in [1.54, 1.807) is 0 Å². The Bertz CT molecular complexity index is 458. The molecule has 4 rings (SSSR count). The molecule has 0 amide bonds. The van der Waals surface area contributed by atoms with Crippen molar-refractivity contribution >= 4 is 5.78 Å². The molecule has 4 saturated carbocycles. The molecule has 0 heterocycles. The van der Waals surface area contributed by atoms with Gasteiger partial charge in [-0.15, -0.1) is 0 Å². The van der Waals surface area contributed by atoms with E-state index >= 15 is 0 Å². The third-order valence-corrected chi connectivity index (χ3v) is 8.20. The summed E-state index contributed by atoms with van der Waals surface area (Å²) in [6.07, 6.45) is 10.1. The van der Waals surface area contributed by atoms with Gasteiger partial charge in [0.05, 0.1) is 6.10 Å². The minimum absolute atomic E-state index is 0.0541. The summed E-state index contributed by atoms with van der Waals surface area (Å²) in [5.74, 6) is 3.51. The second-order valence-electron chi connectivity index (χ2n) is 9.20. The van der Waals surface area contributed by atoms with E-state index in [0.29, 0.717) is 22.5 Å². The minimum atomic E-state index is -0.0541. The Hall–Kier alpha value is -0.370. The molecule has 0 spiro atoms. The molecular formula is C19H30O2. The lowest BCUT2D eigenvalue weighted by Crippen LogP contribution is -2.53. The van der Waals surface area contributed by atoms with Crippen molar-refractivity contribution in [2.75, 3.05) is 0 Å². The molecule has 0 radical (unpaired) electrons. The molecular weight excluding hydrogens is 260 g/mol. The highest BCUT2D eigenvalue weighted by Gasteiger charge is 2.59. The largest absolute Gasteiger partial charge is 0.393 e. The molecule has 0 aromatic heterocycles. The van der Waals surface area contributed by atoms with Crippen molar-refractivity contribution in [2.45, 2.75) is 77.7 Å². The van der Waals surface area contributed by atoms with Crippen LogP contribution in [-0.4, -0.2) is 17.0 Å². The van der Waals surface area contributed by atoms with Crippen molar-refractivity contribution in [3.8, 4) is 0 Å². The van der Waals surface area contributed by atoms with Gasteiger partial charge in [-0.1, -0.05) is 13.8 Å². The molecule has 0 aromatic carbocycles. The molecule has 0 saturated heterocycles. The molecule has 0 aromatic rings. The lowest BCUT2D eigenvalue weighted by atomic mass is 9.45. The van der Waals surface area contributed by atoms with Gasteiger partial charge >= 0.3 is 0 Å². The van der Waals surface area contributed by atoms with Crippen LogP contribution in [0.5, 0.6) is 0 Å². The van der Waals surface area contributed by atoms with Gasteiger partial charge in [0.2, 0.25) is 0 Å². The normalized spacial score (nSPS) is 56.5. The Kier molecular flexibility index (Phi) is 3.10. The van der Waals surface area contributed by atoms with Gasteiger partial charge in [0.1, 0.15) is 5.78 Å². The first kappa shape index (κ1) is 14.2. The number of aliphatic hydroxyl groups is 1. The number of hydrogen-bond donors (Lipinski definition) is 1. The first-order valence-corrected chi connectivity index (χ1v) is 9.12. The zero-order chi connectivity index (χ0) is 14.8. The Labute approximate surface area is 128 Å². The SMILES string of the molecule is C[C@]12CC[C@@H]3[C@H](CC[C@H]4C[C@H](O)CC[C@]43C)[C@H]1CC(=O)C2. The topological polar surface area (TPSA) is 37.3 Å². The van der Waals surface area contributed by atoms with Crippen molar-refractivity contribution in [3.63, 3.8) is 0 Å². The number of carbonyl (C=O) groups excluding carboxylic acids is 1. The number of Topliss-reactive ketones (excluding diaryl/α,β-unsaturated/α-hetero) is 1. The lowest BCUT2D eigenvalue weighted by molar-refractivity contribution is -0.121. The molecule has 4 aliphatic rings. The van der Waals surface area contributed by atoms with Gasteiger partial charge in [-0.3, -0.25) is 4.79 Å². The number of rotatable bonds is 0. The predicted molar refractivity (Wildman–Crippen MR) is 82.7 cm³/mol. The molecule has 4 aliphatic carbocycles. The highest BCUT2D eigenvalue weighted by molar-refractivity contribution is 5.82. The highest BCUT2D eigenvalue weighted by atomic mass is 16.3. The third-order valence-electron chi connectivity index (χ3n) is 8.20. The van der Waals surface area contributed by atoms with Crippen molar-refractivity contribution in [1.82, 2.24) is 0 Å². The predicted octanol–water partition coefficient (Wildman–Crippen LogP) is 3.96. The van der Waals surface area contributed by atoms with Crippen LogP contribution in [0.25, 0.3) is 0 Å². The third kappa shape index (κ3) is 1.97. The Morgan fingerprint density at radius 1 is 1.05 bits per heavy atom. The number of carbonyl (C=O) groups is 1. The van der Waals surface area contributed by atoms with Crippen LogP contribution in [0.3, 0.4) is 0 Å². The van der Waals surface area contributed by atoms with Crippen LogP contribution in [0.15, 0.2) is 0 Å². The maximum atomic E-state index is 12.1. The van der Waals surface area contributed by atoms with Gasteiger partial charge in [-0.05, 0) is 79.4 Å². The van der Waals surface area contributed by atoms with Gasteiger partial charge in [0, 0.05) is 12.8 Å². The van der Waals surface area contributed by atoms with Crippen molar-refractivity contribution < 1.29 is 9.90 Å². The summed E-state index contributed by atoms with van der Waals surface area (Å²) in [5, 5.41) is 10.0. The van der Waals surface area contributed by atoms with E-state index in [9.17, 15) is 9.90 Å². The smallest absolute Gasteiger partial charge is 0.133 e. The van der Waals surface area contributed by atoms with Crippen LogP contribution in [-0.2, 0) is 4.79 Å². The summed E-state index contributed by atoms with van der Waals surface area (Å²) < 4.78 is 0. The highest BCUT2D eigenvalue weighted by Crippen LogP contribution is 2.65. The van der Waals surface area contributed by atoms with E-state index in [1.165, 1.54) is 32.1 Å². The Balaban J connectivity index is 1.63. The van der Waals surface area contributed by atoms with E-state index in [2.05, 4.69) is 13.8 Å². The second-order valence-corrected chi connectivity index (χ2v) is 9.20. The minimum Gasteiger partial charge on any atom is -0.393 e. The molecule has 0 bridgehead atoms. The average Bonchev–Trinajstić information content (AvgIpc) is 2.74. The van der Waals surface area contributed by atoms with E-state index in [1.807, 2.05) is 0 Å². The van der Waals surface area contributed by atoms with Gasteiger partial charge in [0.15, 0.2) is 0 Å². The number of hydrogen-bond acceptors (Lipinski definition) is 2. The first-order chi connectivity index (χ1) is 9.92. The van der Waals surface area contributed by atoms with Crippen LogP contribution in [0, 0.1) is 34.5 Å². The van der Waals surface area contributed by atoms with E-state index in [-0.39, 0.29) is 6.10 Å². The summed E-state index contributed by atoms with van der Waals surface area (Å²) in [6.45, 7) is 4.90. The fraction of sp³-hybridized carbons (Fsp3) is 0.947. The number of fused-ring (bicyclic) bond motifs is 5. The fourth-order valence-corrected chi connectivity index (χ4v) is 7.01. The van der Waals surface area contributed by atoms with Crippen LogP contribution < -0.4 is 0 Å². The van der Waals surface area contributed by atoms with Gasteiger partial charge in [-0.25, -0.2) is 0 Å². The van der Waals surface area contributed by atoms with Crippen molar-refractivity contribution in [3.05, 3.63) is 0 Å². The average molecular weight is 290 g/mol. The maximum absolute atomic E-state index is 12.1. The molecule has 21 heavy (non-hydrogen) atoms. The summed E-state index contributed by atoms with van der Waals surface area (Å²) in [4.78, 5) is 12.1. The maximum Gasteiger partial charge on any atom is 0.133 e. The van der Waals surface area contributed by atoms with Gasteiger partial charge < -0.3 is 5.11 Å². The molecule has 0 unspecified atom stereocenters. The summed E-state index contributed by atoms with van der Waals surface area (Å²) in [6, 6.07) is 0. The van der Waals surface area contributed by atoms with Gasteiger partial charge in [-0.2, -0.15) is 0 Å². The molecule has 2 nitrogen and oxygen atoms in total. The van der Waals surface area contributed by atoms with Crippen molar-refractivity contribution in [2.24, 2.45) is 34.5 Å². The monoisotopic (exact) mass is 290 g/mol. The number of aliphatic hydroxyl groups excluding tert-OH is 1. The quantitative estimate of drug-likeness (QED) is 0.733. The fourth-order valence-electron chi connectivity index (χ4n) is 7.01. The summed E-state index contributed by atoms with van der Waals surface area (Å²) in [5.41, 5.74) is 0.755. The van der Waals surface area contributed by atoms with Crippen molar-refractivity contribution in [1.29, 1.82) is 0 Å². The second kappa shape index (κ2) is 4.57. The molecule has 118 valence electrons. The summed E-state index contributed by atoms with van der Waals surface area (Å²) >= 11 is 0. The molecule has 4 fully saturated rings.